The molecule has 6 heteroatoms. The van der Waals surface area contributed by atoms with Gasteiger partial charge in [-0.1, -0.05) is 5.16 Å². The smallest absolute Gasteiger partial charge is 0.273 e. The highest BCUT2D eigenvalue weighted by molar-refractivity contribution is 5.93. The van der Waals surface area contributed by atoms with Crippen LogP contribution < -0.4 is 5.32 Å². The average Bonchev–Trinajstić information content (AvgIpc) is 3.05. The third-order valence-corrected chi connectivity index (χ3v) is 2.68. The van der Waals surface area contributed by atoms with E-state index in [1.165, 1.54) is 12.3 Å². The minimum absolute atomic E-state index is 0.0246. The number of nitrogens with zero attached hydrogens (tertiary/aromatic N) is 1. The van der Waals surface area contributed by atoms with Crippen molar-refractivity contribution in [1.29, 1.82) is 0 Å². The molecule has 102 valence electrons. The van der Waals surface area contributed by atoms with Crippen LogP contribution in [0.3, 0.4) is 0 Å². The predicted octanol–water partition coefficient (Wildman–Crippen LogP) is 1.83. The molecule has 0 saturated heterocycles. The number of amides is 1. The lowest BCUT2D eigenvalue weighted by atomic mass is 10.2. The zero-order chi connectivity index (χ0) is 13.7. The van der Waals surface area contributed by atoms with Crippen molar-refractivity contribution in [2.24, 2.45) is 0 Å². The van der Waals surface area contributed by atoms with Crippen LogP contribution >= 0.6 is 0 Å². The number of carbonyl (C=O) groups excluding carboxylic acids is 1. The van der Waals surface area contributed by atoms with Crippen molar-refractivity contribution in [3.63, 3.8) is 0 Å². The summed E-state index contributed by atoms with van der Waals surface area (Å²) in [6.45, 7) is 1.99. The zero-order valence-corrected chi connectivity index (χ0v) is 10.6. The maximum atomic E-state index is 11.9. The number of furan rings is 1. The molecule has 0 aromatic carbocycles. The molecule has 2 heterocycles. The molecule has 2 rings (SSSR count). The molecule has 2 aromatic heterocycles. The van der Waals surface area contributed by atoms with Gasteiger partial charge in [0.1, 0.15) is 0 Å². The Morgan fingerprint density at radius 1 is 1.53 bits per heavy atom. The lowest BCUT2D eigenvalue weighted by Gasteiger charge is -2.11. The van der Waals surface area contributed by atoms with Crippen molar-refractivity contribution in [2.45, 2.75) is 25.8 Å². The first kappa shape index (κ1) is 13.4. The van der Waals surface area contributed by atoms with Crippen LogP contribution in [0.5, 0.6) is 0 Å². The molecule has 0 bridgehead atoms. The number of hydrogen-bond acceptors (Lipinski definition) is 5. The Labute approximate surface area is 110 Å². The quantitative estimate of drug-likeness (QED) is 0.830. The average molecular weight is 264 g/mol. The number of aliphatic hydroxyl groups is 1. The summed E-state index contributed by atoms with van der Waals surface area (Å²) in [5.41, 5.74) is 0.210. The maximum Gasteiger partial charge on any atom is 0.273 e. The van der Waals surface area contributed by atoms with Crippen molar-refractivity contribution in [3.05, 3.63) is 30.2 Å². The molecule has 1 amide bonds. The number of hydrogen-bond donors (Lipinski definition) is 2. The summed E-state index contributed by atoms with van der Waals surface area (Å²) in [5.74, 6) is 0.644. The molecule has 0 saturated carbocycles. The number of nitrogens with one attached hydrogen (secondary N) is 1. The Bertz CT molecular complexity index is 518. The summed E-state index contributed by atoms with van der Waals surface area (Å²) in [5, 5.41) is 15.2. The normalized spacial score (nSPS) is 12.3. The molecule has 0 spiro atoms. The van der Waals surface area contributed by atoms with E-state index >= 15 is 0 Å². The third-order valence-electron chi connectivity index (χ3n) is 2.68. The van der Waals surface area contributed by atoms with Crippen molar-refractivity contribution in [1.82, 2.24) is 10.5 Å². The highest BCUT2D eigenvalue weighted by Gasteiger charge is 2.16. The van der Waals surface area contributed by atoms with Gasteiger partial charge in [0, 0.05) is 18.7 Å². The standard InChI is InChI=1S/C13H16N2O4/c1-9(4-2-6-16)14-13(17)10-8-12(19-15-10)11-5-3-7-18-11/h3,5,7-9,16H,2,4,6H2,1H3,(H,14,17). The van der Waals surface area contributed by atoms with E-state index < -0.39 is 0 Å². The van der Waals surface area contributed by atoms with E-state index in [-0.39, 0.29) is 24.2 Å². The second kappa shape index (κ2) is 6.19. The van der Waals surface area contributed by atoms with Crippen molar-refractivity contribution >= 4 is 5.91 Å². The molecule has 2 N–H and O–H groups in total. The molecular formula is C13H16N2O4. The van der Waals surface area contributed by atoms with Crippen molar-refractivity contribution in [2.75, 3.05) is 6.61 Å². The van der Waals surface area contributed by atoms with E-state index in [4.69, 9.17) is 14.0 Å². The van der Waals surface area contributed by atoms with Gasteiger partial charge in [-0.05, 0) is 31.9 Å². The second-order valence-corrected chi connectivity index (χ2v) is 4.29. The van der Waals surface area contributed by atoms with Crippen LogP contribution in [0, 0.1) is 0 Å². The van der Waals surface area contributed by atoms with Gasteiger partial charge >= 0.3 is 0 Å². The van der Waals surface area contributed by atoms with Gasteiger partial charge in [0.15, 0.2) is 11.5 Å². The van der Waals surface area contributed by atoms with Crippen LogP contribution in [-0.4, -0.2) is 28.8 Å². The minimum Gasteiger partial charge on any atom is -0.461 e. The lowest BCUT2D eigenvalue weighted by Crippen LogP contribution is -2.32. The van der Waals surface area contributed by atoms with E-state index in [2.05, 4.69) is 10.5 Å². The molecule has 0 aliphatic carbocycles. The number of rotatable bonds is 6. The molecule has 1 atom stereocenters. The highest BCUT2D eigenvalue weighted by Crippen LogP contribution is 2.20. The predicted molar refractivity (Wildman–Crippen MR) is 67.5 cm³/mol. The molecule has 0 aliphatic rings. The number of aromatic nitrogens is 1. The fourth-order valence-electron chi connectivity index (χ4n) is 1.68. The van der Waals surface area contributed by atoms with Gasteiger partial charge in [-0.25, -0.2) is 0 Å². The maximum absolute atomic E-state index is 11.9. The largest absolute Gasteiger partial charge is 0.461 e. The van der Waals surface area contributed by atoms with Gasteiger partial charge in [0.05, 0.1) is 6.26 Å². The van der Waals surface area contributed by atoms with Crippen LogP contribution in [0.1, 0.15) is 30.3 Å². The van der Waals surface area contributed by atoms with E-state index in [1.807, 2.05) is 6.92 Å². The van der Waals surface area contributed by atoms with Crippen LogP contribution in [-0.2, 0) is 0 Å². The van der Waals surface area contributed by atoms with Gasteiger partial charge in [0.2, 0.25) is 5.76 Å². The first-order valence-electron chi connectivity index (χ1n) is 6.13. The summed E-state index contributed by atoms with van der Waals surface area (Å²) in [6, 6.07) is 4.97. The van der Waals surface area contributed by atoms with Crippen LogP contribution in [0.15, 0.2) is 33.4 Å². The van der Waals surface area contributed by atoms with Crippen molar-refractivity contribution in [3.8, 4) is 11.5 Å². The Morgan fingerprint density at radius 2 is 2.37 bits per heavy atom. The third kappa shape index (κ3) is 3.45. The summed E-state index contributed by atoms with van der Waals surface area (Å²) in [7, 11) is 0. The summed E-state index contributed by atoms with van der Waals surface area (Å²) >= 11 is 0. The molecule has 19 heavy (non-hydrogen) atoms. The highest BCUT2D eigenvalue weighted by atomic mass is 16.5. The van der Waals surface area contributed by atoms with Gasteiger partial charge < -0.3 is 19.4 Å². The van der Waals surface area contributed by atoms with E-state index in [0.717, 1.165) is 0 Å². The van der Waals surface area contributed by atoms with Gasteiger partial charge in [-0.3, -0.25) is 4.79 Å². The Balaban J connectivity index is 1.96. The van der Waals surface area contributed by atoms with Crippen LogP contribution in [0.2, 0.25) is 0 Å². The van der Waals surface area contributed by atoms with E-state index in [9.17, 15) is 4.79 Å². The van der Waals surface area contributed by atoms with Gasteiger partial charge in [-0.2, -0.15) is 0 Å². The summed E-state index contributed by atoms with van der Waals surface area (Å²) in [4.78, 5) is 11.9. The van der Waals surface area contributed by atoms with E-state index in [0.29, 0.717) is 24.4 Å². The SMILES string of the molecule is CC(CCCO)NC(=O)c1cc(-c2ccco2)on1. The number of carbonyl (C=O) groups is 1. The van der Waals surface area contributed by atoms with Crippen molar-refractivity contribution < 1.29 is 18.8 Å². The monoisotopic (exact) mass is 264 g/mol. The van der Waals surface area contributed by atoms with Crippen LogP contribution in [0.4, 0.5) is 0 Å². The molecule has 6 nitrogen and oxygen atoms in total. The Kier molecular flexibility index (Phi) is 4.35. The zero-order valence-electron chi connectivity index (χ0n) is 10.6. The molecule has 0 radical (unpaired) electrons. The summed E-state index contributed by atoms with van der Waals surface area (Å²) < 4.78 is 10.2. The fourth-order valence-corrected chi connectivity index (χ4v) is 1.68. The van der Waals surface area contributed by atoms with Crippen LogP contribution in [0.25, 0.3) is 11.5 Å². The first-order chi connectivity index (χ1) is 9.20. The first-order valence-corrected chi connectivity index (χ1v) is 6.13. The second-order valence-electron chi connectivity index (χ2n) is 4.29. The Hall–Kier alpha value is -2.08. The number of aliphatic hydroxyl groups excluding tert-OH is 1. The molecule has 0 aliphatic heterocycles. The molecule has 2 aromatic rings. The Morgan fingerprint density at radius 3 is 3.05 bits per heavy atom. The molecular weight excluding hydrogens is 248 g/mol. The molecule has 0 fully saturated rings. The topological polar surface area (TPSA) is 88.5 Å². The lowest BCUT2D eigenvalue weighted by molar-refractivity contribution is 0.0927. The fraction of sp³-hybridized carbons (Fsp3) is 0.385. The molecule has 1 unspecified atom stereocenters. The van der Waals surface area contributed by atoms with E-state index in [1.54, 1.807) is 12.1 Å². The van der Waals surface area contributed by atoms with Gasteiger partial charge in [0.25, 0.3) is 5.91 Å². The summed E-state index contributed by atoms with van der Waals surface area (Å²) in [6.07, 6.45) is 2.89. The minimum atomic E-state index is -0.299. The van der Waals surface area contributed by atoms with Gasteiger partial charge in [-0.15, -0.1) is 0 Å².